The lowest BCUT2D eigenvalue weighted by Gasteiger charge is -1.96. The van der Waals surface area contributed by atoms with Crippen LogP contribution in [0.5, 0.6) is 0 Å². The monoisotopic (exact) mass is 142 g/mol. The predicted octanol–water partition coefficient (Wildman–Crippen LogP) is 1.18. The van der Waals surface area contributed by atoms with Crippen LogP contribution in [0.2, 0.25) is 0 Å². The number of methoxy groups -OCH3 is 1. The summed E-state index contributed by atoms with van der Waals surface area (Å²) in [6.45, 7) is 4.91. The topological polar surface area (TPSA) is 46.5 Å². The molecule has 0 aromatic rings. The Morgan fingerprint density at radius 2 is 2.20 bits per heavy atom. The summed E-state index contributed by atoms with van der Waals surface area (Å²) in [4.78, 5) is 10.2. The highest BCUT2D eigenvalue weighted by molar-refractivity contribution is 5.86. The molecule has 1 N–H and O–H groups in total. The van der Waals surface area contributed by atoms with Crippen LogP contribution in [0, 0.1) is 0 Å². The molecule has 0 bridgehead atoms. The molecule has 0 fully saturated rings. The molecule has 0 radical (unpaired) electrons. The molecular weight excluding hydrogens is 132 g/mol. The number of aliphatic carboxylic acids is 1. The van der Waals surface area contributed by atoms with E-state index in [-0.39, 0.29) is 5.57 Å². The van der Waals surface area contributed by atoms with Crippen molar-refractivity contribution < 1.29 is 14.6 Å². The van der Waals surface area contributed by atoms with E-state index in [0.29, 0.717) is 5.76 Å². The van der Waals surface area contributed by atoms with Crippen molar-refractivity contribution in [2.24, 2.45) is 0 Å². The molecule has 0 aromatic heterocycles. The molecule has 0 spiro atoms. The Kier molecular flexibility index (Phi) is 3.25. The van der Waals surface area contributed by atoms with Crippen LogP contribution in [0.1, 0.15) is 6.92 Å². The Labute approximate surface area is 59.6 Å². The van der Waals surface area contributed by atoms with E-state index in [2.05, 4.69) is 11.3 Å². The number of carboxylic acids is 1. The fourth-order valence-corrected chi connectivity index (χ4v) is 0.362. The highest BCUT2D eigenvalue weighted by Crippen LogP contribution is 1.99. The van der Waals surface area contributed by atoms with Crippen LogP contribution in [0.3, 0.4) is 0 Å². The minimum absolute atomic E-state index is 0.215. The molecule has 3 heteroatoms. The highest BCUT2D eigenvalue weighted by Gasteiger charge is 1.98. The molecule has 0 aliphatic carbocycles. The summed E-state index contributed by atoms with van der Waals surface area (Å²) in [6.07, 6.45) is 1.36. The molecule has 0 aliphatic heterocycles. The normalized spacial score (nSPS) is 10.8. The standard InChI is InChI=1S/C7H10O3/c1-5(7(8)9)4-6(2)10-3/h4H,2H2,1,3H3,(H,8,9). The Balaban J connectivity index is 4.16. The second-order valence-electron chi connectivity index (χ2n) is 1.80. The fourth-order valence-electron chi connectivity index (χ4n) is 0.362. The van der Waals surface area contributed by atoms with Crippen LogP contribution in [0.4, 0.5) is 0 Å². The molecule has 0 rings (SSSR count). The first kappa shape index (κ1) is 8.75. The van der Waals surface area contributed by atoms with Crippen molar-refractivity contribution >= 4 is 5.97 Å². The summed E-state index contributed by atoms with van der Waals surface area (Å²) in [5, 5.41) is 8.36. The summed E-state index contributed by atoms with van der Waals surface area (Å²) in [7, 11) is 1.44. The van der Waals surface area contributed by atoms with Crippen molar-refractivity contribution in [1.29, 1.82) is 0 Å². The summed E-state index contributed by atoms with van der Waals surface area (Å²) in [5.41, 5.74) is 0.215. The third-order valence-corrected chi connectivity index (χ3v) is 0.977. The van der Waals surface area contributed by atoms with E-state index in [1.54, 1.807) is 0 Å². The van der Waals surface area contributed by atoms with Gasteiger partial charge in [0.15, 0.2) is 0 Å². The van der Waals surface area contributed by atoms with Gasteiger partial charge in [-0.15, -0.1) is 0 Å². The van der Waals surface area contributed by atoms with Gasteiger partial charge in [-0.2, -0.15) is 0 Å². The van der Waals surface area contributed by atoms with E-state index in [4.69, 9.17) is 5.11 Å². The van der Waals surface area contributed by atoms with E-state index < -0.39 is 5.97 Å². The van der Waals surface area contributed by atoms with Crippen LogP contribution in [0.25, 0.3) is 0 Å². The average Bonchev–Trinajstić information content (AvgIpc) is 1.87. The highest BCUT2D eigenvalue weighted by atomic mass is 16.5. The Morgan fingerprint density at radius 3 is 2.50 bits per heavy atom. The molecular formula is C7H10O3. The van der Waals surface area contributed by atoms with Gasteiger partial charge in [0, 0.05) is 5.57 Å². The van der Waals surface area contributed by atoms with Gasteiger partial charge in [-0.1, -0.05) is 6.58 Å². The molecule has 3 nitrogen and oxygen atoms in total. The number of hydrogen-bond acceptors (Lipinski definition) is 2. The zero-order valence-corrected chi connectivity index (χ0v) is 6.05. The summed E-state index contributed by atoms with van der Waals surface area (Å²) < 4.78 is 4.64. The van der Waals surface area contributed by atoms with Crippen molar-refractivity contribution in [3.8, 4) is 0 Å². The van der Waals surface area contributed by atoms with E-state index in [1.165, 1.54) is 20.1 Å². The van der Waals surface area contributed by atoms with Crippen LogP contribution >= 0.6 is 0 Å². The Bertz CT molecular complexity index is 179. The van der Waals surface area contributed by atoms with E-state index in [9.17, 15) is 4.79 Å². The minimum Gasteiger partial charge on any atom is -0.497 e. The second-order valence-corrected chi connectivity index (χ2v) is 1.80. The molecule has 0 unspecified atom stereocenters. The maximum Gasteiger partial charge on any atom is 0.331 e. The van der Waals surface area contributed by atoms with Crippen LogP contribution in [-0.2, 0) is 9.53 Å². The first-order valence-corrected chi connectivity index (χ1v) is 2.72. The van der Waals surface area contributed by atoms with E-state index >= 15 is 0 Å². The smallest absolute Gasteiger partial charge is 0.331 e. The summed E-state index contributed by atoms with van der Waals surface area (Å²) in [6, 6.07) is 0. The number of allylic oxidation sites excluding steroid dienone is 1. The first-order chi connectivity index (χ1) is 4.57. The van der Waals surface area contributed by atoms with Gasteiger partial charge in [0.2, 0.25) is 0 Å². The van der Waals surface area contributed by atoms with Gasteiger partial charge in [0.1, 0.15) is 5.76 Å². The van der Waals surface area contributed by atoms with Gasteiger partial charge in [0.05, 0.1) is 7.11 Å². The summed E-state index contributed by atoms with van der Waals surface area (Å²) in [5.74, 6) is -0.613. The third-order valence-electron chi connectivity index (χ3n) is 0.977. The number of carboxylic acid groups (broad SMARTS) is 1. The zero-order valence-electron chi connectivity index (χ0n) is 6.05. The van der Waals surface area contributed by atoms with E-state index in [0.717, 1.165) is 0 Å². The van der Waals surface area contributed by atoms with Crippen molar-refractivity contribution in [3.05, 3.63) is 24.0 Å². The lowest BCUT2D eigenvalue weighted by Crippen LogP contribution is -1.96. The van der Waals surface area contributed by atoms with Crippen LogP contribution in [-0.4, -0.2) is 18.2 Å². The van der Waals surface area contributed by atoms with Crippen molar-refractivity contribution in [2.45, 2.75) is 6.92 Å². The average molecular weight is 142 g/mol. The van der Waals surface area contributed by atoms with Crippen LogP contribution < -0.4 is 0 Å². The molecule has 0 heterocycles. The maximum absolute atomic E-state index is 10.2. The van der Waals surface area contributed by atoms with E-state index in [1.807, 2.05) is 0 Å². The maximum atomic E-state index is 10.2. The number of carbonyl (C=O) groups is 1. The SMILES string of the molecule is C=C(C=C(C)C(=O)O)OC. The van der Waals surface area contributed by atoms with Gasteiger partial charge in [0.25, 0.3) is 0 Å². The van der Waals surface area contributed by atoms with Gasteiger partial charge in [-0.3, -0.25) is 0 Å². The molecule has 0 aliphatic rings. The first-order valence-electron chi connectivity index (χ1n) is 2.72. The Hall–Kier alpha value is -1.25. The van der Waals surface area contributed by atoms with Crippen molar-refractivity contribution in [1.82, 2.24) is 0 Å². The van der Waals surface area contributed by atoms with Crippen LogP contribution in [0.15, 0.2) is 24.0 Å². The molecule has 56 valence electrons. The van der Waals surface area contributed by atoms with Gasteiger partial charge in [-0.25, -0.2) is 4.79 Å². The summed E-state index contributed by atoms with van der Waals surface area (Å²) >= 11 is 0. The second kappa shape index (κ2) is 3.71. The number of hydrogen-bond donors (Lipinski definition) is 1. The largest absolute Gasteiger partial charge is 0.497 e. The quantitative estimate of drug-likeness (QED) is 0.365. The predicted molar refractivity (Wildman–Crippen MR) is 37.5 cm³/mol. The lowest BCUT2D eigenvalue weighted by molar-refractivity contribution is -0.132. The minimum atomic E-state index is -0.960. The number of ether oxygens (including phenoxy) is 1. The molecule has 0 aromatic carbocycles. The van der Waals surface area contributed by atoms with Crippen molar-refractivity contribution in [2.75, 3.05) is 7.11 Å². The number of rotatable bonds is 3. The molecule has 0 saturated heterocycles. The third kappa shape index (κ3) is 2.91. The molecule has 10 heavy (non-hydrogen) atoms. The molecule has 0 atom stereocenters. The fraction of sp³-hybridized carbons (Fsp3) is 0.286. The van der Waals surface area contributed by atoms with Gasteiger partial charge >= 0.3 is 5.97 Å². The van der Waals surface area contributed by atoms with Gasteiger partial charge < -0.3 is 9.84 Å². The molecule has 0 saturated carbocycles. The molecule has 0 amide bonds. The zero-order chi connectivity index (χ0) is 8.15. The van der Waals surface area contributed by atoms with Crippen molar-refractivity contribution in [3.63, 3.8) is 0 Å². The Morgan fingerprint density at radius 1 is 1.70 bits per heavy atom. The van der Waals surface area contributed by atoms with Gasteiger partial charge in [-0.05, 0) is 13.0 Å². The lowest BCUT2D eigenvalue weighted by atomic mass is 10.3.